The Kier molecular flexibility index (Phi) is 7.04. The molecule has 0 aliphatic carbocycles. The van der Waals surface area contributed by atoms with Gasteiger partial charge >= 0.3 is 0 Å². The summed E-state index contributed by atoms with van der Waals surface area (Å²) in [5.41, 5.74) is 1.96. The van der Waals surface area contributed by atoms with Crippen LogP contribution in [0.1, 0.15) is 36.5 Å². The van der Waals surface area contributed by atoms with E-state index in [1.165, 1.54) is 24.8 Å². The van der Waals surface area contributed by atoms with Crippen molar-refractivity contribution in [2.24, 2.45) is 0 Å². The number of likely N-dealkylation sites (tertiary alicyclic amines) is 1. The molecule has 4 aromatic rings. The van der Waals surface area contributed by atoms with Crippen LogP contribution in [0, 0.1) is 0 Å². The number of benzene rings is 2. The third kappa shape index (κ3) is 5.46. The zero-order chi connectivity index (χ0) is 22.5. The molecule has 33 heavy (non-hydrogen) atoms. The lowest BCUT2D eigenvalue weighted by atomic mass is 10.1. The highest BCUT2D eigenvalue weighted by atomic mass is 35.5. The van der Waals surface area contributed by atoms with Crippen LogP contribution in [0.25, 0.3) is 11.5 Å². The first kappa shape index (κ1) is 22.1. The molecule has 0 unspecified atom stereocenters. The summed E-state index contributed by atoms with van der Waals surface area (Å²) < 4.78 is 8.07. The summed E-state index contributed by atoms with van der Waals surface area (Å²) in [6.45, 7) is 3.78. The molecule has 0 N–H and O–H groups in total. The molecule has 0 bridgehead atoms. The molecule has 0 spiro atoms. The van der Waals surface area contributed by atoms with Crippen LogP contribution in [-0.2, 0) is 18.8 Å². The molecule has 2 aromatic heterocycles. The Morgan fingerprint density at radius 2 is 1.64 bits per heavy atom. The molecule has 1 aliphatic rings. The maximum atomic E-state index is 6.26. The highest BCUT2D eigenvalue weighted by Crippen LogP contribution is 2.28. The number of hydrogen-bond donors (Lipinski definition) is 0. The lowest BCUT2D eigenvalue weighted by Gasteiger charge is -2.26. The fraction of sp³-hybridized carbons (Fsp3) is 0.333. The monoisotopic (exact) mass is 480 g/mol. The molecule has 1 fully saturated rings. The molecule has 0 amide bonds. The van der Waals surface area contributed by atoms with Gasteiger partial charge in [0.05, 0.1) is 29.4 Å². The molecule has 0 saturated carbocycles. The SMILES string of the molecule is Clc1ccccc1-c1nnc(CSc2nnc(CN3CCCCC3)n2Cc2ccccc2)o1. The van der Waals surface area contributed by atoms with Gasteiger partial charge in [0.15, 0.2) is 5.16 Å². The molecule has 1 saturated heterocycles. The third-order valence-corrected chi connectivity index (χ3v) is 6.97. The summed E-state index contributed by atoms with van der Waals surface area (Å²) >= 11 is 7.82. The fourth-order valence-electron chi connectivity index (χ4n) is 3.97. The molecule has 9 heteroatoms. The number of piperidine rings is 1. The molecule has 5 rings (SSSR count). The summed E-state index contributed by atoms with van der Waals surface area (Å²) in [5.74, 6) is 2.45. The molecule has 0 radical (unpaired) electrons. The minimum atomic E-state index is 0.424. The van der Waals surface area contributed by atoms with Gasteiger partial charge in [-0.15, -0.1) is 20.4 Å². The molecule has 2 aromatic carbocycles. The Hall–Kier alpha value is -2.68. The van der Waals surface area contributed by atoms with E-state index in [2.05, 4.69) is 54.1 Å². The summed E-state index contributed by atoms with van der Waals surface area (Å²) in [4.78, 5) is 2.47. The number of halogens is 1. The average molecular weight is 481 g/mol. The first-order valence-electron chi connectivity index (χ1n) is 11.1. The maximum Gasteiger partial charge on any atom is 0.249 e. The van der Waals surface area contributed by atoms with Crippen molar-refractivity contribution < 1.29 is 4.42 Å². The summed E-state index contributed by atoms with van der Waals surface area (Å²) in [6.07, 6.45) is 3.81. The second-order valence-electron chi connectivity index (χ2n) is 8.08. The predicted molar refractivity (Wildman–Crippen MR) is 129 cm³/mol. The summed E-state index contributed by atoms with van der Waals surface area (Å²) in [7, 11) is 0. The number of hydrogen-bond acceptors (Lipinski definition) is 7. The van der Waals surface area contributed by atoms with Gasteiger partial charge in [0, 0.05) is 0 Å². The van der Waals surface area contributed by atoms with Crippen LogP contribution < -0.4 is 0 Å². The van der Waals surface area contributed by atoms with Gasteiger partial charge in [-0.05, 0) is 43.6 Å². The minimum Gasteiger partial charge on any atom is -0.420 e. The lowest BCUT2D eigenvalue weighted by Crippen LogP contribution is -2.30. The fourth-order valence-corrected chi connectivity index (χ4v) is 4.98. The van der Waals surface area contributed by atoms with Crippen LogP contribution >= 0.6 is 23.4 Å². The number of rotatable bonds is 8. The zero-order valence-electron chi connectivity index (χ0n) is 18.2. The van der Waals surface area contributed by atoms with Crippen molar-refractivity contribution in [1.82, 2.24) is 29.9 Å². The van der Waals surface area contributed by atoms with E-state index in [0.29, 0.717) is 22.6 Å². The van der Waals surface area contributed by atoms with Gasteiger partial charge in [0.1, 0.15) is 5.82 Å². The minimum absolute atomic E-state index is 0.424. The van der Waals surface area contributed by atoms with Gasteiger partial charge in [0.2, 0.25) is 11.8 Å². The Morgan fingerprint density at radius 3 is 2.45 bits per heavy atom. The van der Waals surface area contributed by atoms with E-state index in [1.807, 2.05) is 30.3 Å². The van der Waals surface area contributed by atoms with Gasteiger partial charge in [-0.2, -0.15) is 0 Å². The Balaban J connectivity index is 1.33. The molecular formula is C24H25ClN6OS. The van der Waals surface area contributed by atoms with Crippen LogP contribution in [0.4, 0.5) is 0 Å². The topological polar surface area (TPSA) is 72.9 Å². The summed E-state index contributed by atoms with van der Waals surface area (Å²) in [5, 5.41) is 18.9. The Labute approximate surface area is 202 Å². The van der Waals surface area contributed by atoms with Crippen LogP contribution in [0.3, 0.4) is 0 Å². The zero-order valence-corrected chi connectivity index (χ0v) is 19.8. The van der Waals surface area contributed by atoms with Crippen LogP contribution in [0.5, 0.6) is 0 Å². The van der Waals surface area contributed by atoms with Crippen molar-refractivity contribution >= 4 is 23.4 Å². The average Bonchev–Trinajstić information content (AvgIpc) is 3.47. The van der Waals surface area contributed by atoms with Gasteiger partial charge < -0.3 is 8.98 Å². The molecular weight excluding hydrogens is 456 g/mol. The lowest BCUT2D eigenvalue weighted by molar-refractivity contribution is 0.213. The number of nitrogens with zero attached hydrogens (tertiary/aromatic N) is 6. The smallest absolute Gasteiger partial charge is 0.249 e. The summed E-state index contributed by atoms with van der Waals surface area (Å²) in [6, 6.07) is 17.9. The molecule has 7 nitrogen and oxygen atoms in total. The van der Waals surface area contributed by atoms with E-state index in [-0.39, 0.29) is 0 Å². The highest BCUT2D eigenvalue weighted by molar-refractivity contribution is 7.98. The van der Waals surface area contributed by atoms with Crippen LogP contribution in [-0.4, -0.2) is 43.0 Å². The molecule has 3 heterocycles. The van der Waals surface area contributed by atoms with E-state index in [1.54, 1.807) is 11.8 Å². The van der Waals surface area contributed by atoms with Crippen LogP contribution in [0.15, 0.2) is 64.2 Å². The van der Waals surface area contributed by atoms with Crippen molar-refractivity contribution in [2.75, 3.05) is 13.1 Å². The first-order chi connectivity index (χ1) is 16.3. The standard InChI is InChI=1S/C24H25ClN6OS/c25-20-12-6-5-11-19(20)23-28-27-22(32-23)17-33-24-29-26-21(16-30-13-7-2-8-14-30)31(24)15-18-9-3-1-4-10-18/h1,3-6,9-12H,2,7-8,13-17H2. The van der Waals surface area contributed by atoms with E-state index in [4.69, 9.17) is 16.0 Å². The largest absolute Gasteiger partial charge is 0.420 e. The van der Waals surface area contributed by atoms with E-state index in [0.717, 1.165) is 42.7 Å². The van der Waals surface area contributed by atoms with Crippen molar-refractivity contribution in [3.63, 3.8) is 0 Å². The van der Waals surface area contributed by atoms with Gasteiger partial charge in [-0.25, -0.2) is 0 Å². The Morgan fingerprint density at radius 1 is 0.848 bits per heavy atom. The predicted octanol–water partition coefficient (Wildman–Crippen LogP) is 5.31. The van der Waals surface area contributed by atoms with Gasteiger partial charge in [-0.3, -0.25) is 4.90 Å². The van der Waals surface area contributed by atoms with Gasteiger partial charge in [0.25, 0.3) is 0 Å². The normalized spacial score (nSPS) is 14.6. The number of aromatic nitrogens is 5. The van der Waals surface area contributed by atoms with Crippen molar-refractivity contribution in [3.8, 4) is 11.5 Å². The van der Waals surface area contributed by atoms with E-state index >= 15 is 0 Å². The molecule has 170 valence electrons. The second-order valence-corrected chi connectivity index (χ2v) is 9.43. The van der Waals surface area contributed by atoms with E-state index < -0.39 is 0 Å². The van der Waals surface area contributed by atoms with Gasteiger partial charge in [-0.1, -0.05) is 72.2 Å². The second kappa shape index (κ2) is 10.5. The first-order valence-corrected chi connectivity index (χ1v) is 12.5. The quantitative estimate of drug-likeness (QED) is 0.316. The highest BCUT2D eigenvalue weighted by Gasteiger charge is 2.19. The van der Waals surface area contributed by atoms with Crippen molar-refractivity contribution in [2.45, 2.75) is 43.3 Å². The molecule has 1 aliphatic heterocycles. The third-order valence-electron chi connectivity index (χ3n) is 5.69. The van der Waals surface area contributed by atoms with Crippen LogP contribution in [0.2, 0.25) is 5.02 Å². The Bertz CT molecular complexity index is 1190. The number of thioether (sulfide) groups is 1. The van der Waals surface area contributed by atoms with Crippen molar-refractivity contribution in [1.29, 1.82) is 0 Å². The van der Waals surface area contributed by atoms with Crippen molar-refractivity contribution in [3.05, 3.63) is 76.9 Å². The molecule has 0 atom stereocenters. The van der Waals surface area contributed by atoms with E-state index in [9.17, 15) is 0 Å². The maximum absolute atomic E-state index is 6.26.